The van der Waals surface area contributed by atoms with Crippen LogP contribution in [0.5, 0.6) is 0 Å². The van der Waals surface area contributed by atoms with E-state index in [0.717, 1.165) is 35.9 Å². The van der Waals surface area contributed by atoms with Gasteiger partial charge in [-0.2, -0.15) is 0 Å². The zero-order valence-electron chi connectivity index (χ0n) is 22.9. The molecule has 1 aliphatic heterocycles. The maximum atomic E-state index is 9.71. The van der Waals surface area contributed by atoms with Gasteiger partial charge in [-0.1, -0.05) is 72.4 Å². The zero-order chi connectivity index (χ0) is 28.6. The lowest BCUT2D eigenvalue weighted by Crippen LogP contribution is -2.38. The Bertz CT molecular complexity index is 1670. The lowest BCUT2D eigenvalue weighted by atomic mass is 10.0. The number of hydrogen-bond donors (Lipinski definition) is 4. The van der Waals surface area contributed by atoms with Crippen LogP contribution in [0.1, 0.15) is 56.3 Å². The van der Waals surface area contributed by atoms with Crippen LogP contribution >= 0.6 is 23.2 Å². The zero-order valence-corrected chi connectivity index (χ0v) is 23.4. The molecule has 0 radical (unpaired) electrons. The first-order valence-corrected chi connectivity index (χ1v) is 14.0. The Kier molecular flexibility index (Phi) is 7.05. The fourth-order valence-electron chi connectivity index (χ4n) is 4.88. The number of terminal acetylenes is 1. The second kappa shape index (κ2) is 11.3. The third kappa shape index (κ3) is 5.26. The van der Waals surface area contributed by atoms with Crippen molar-refractivity contribution in [3.8, 4) is 12.3 Å². The van der Waals surface area contributed by atoms with E-state index in [4.69, 9.17) is 29.6 Å². The standard InChI is InChI=1S/C31H29Cl2N7/c1-3-19-17-35-29-24(28(19)37-26(4-2)20-9-6-5-7-10-20)15-21(16-25(29)32)36-30(23-11-8-14-34-31(23)33)27-18-40(39-38-27)22-12-13-22/h1,5-11,14-18,22,26,30,36,38-39H,4,12-13H2,2H3,(H,35,37)/t26-,30+/m1/s1/i30D. The number of rotatable bonds is 9. The third-order valence-electron chi connectivity index (χ3n) is 7.10. The van der Waals surface area contributed by atoms with Crippen LogP contribution in [0.3, 0.4) is 0 Å². The number of pyridine rings is 2. The van der Waals surface area contributed by atoms with Gasteiger partial charge >= 0.3 is 0 Å². The molecular formula is C31H29Cl2N7. The molecule has 202 valence electrons. The van der Waals surface area contributed by atoms with Crippen molar-refractivity contribution in [1.29, 1.82) is 0 Å². The molecule has 0 amide bonds. The van der Waals surface area contributed by atoms with Crippen molar-refractivity contribution >= 4 is 45.5 Å². The van der Waals surface area contributed by atoms with E-state index in [1.165, 1.54) is 0 Å². The highest BCUT2D eigenvalue weighted by atomic mass is 35.5. The Morgan fingerprint density at radius 1 is 1.15 bits per heavy atom. The van der Waals surface area contributed by atoms with Gasteiger partial charge < -0.3 is 16.1 Å². The second-order valence-corrected chi connectivity index (χ2v) is 10.6. The Hall–Kier alpha value is -3.96. The Morgan fingerprint density at radius 2 is 1.98 bits per heavy atom. The van der Waals surface area contributed by atoms with E-state index in [1.807, 2.05) is 35.5 Å². The van der Waals surface area contributed by atoms with Gasteiger partial charge in [0.1, 0.15) is 5.15 Å². The van der Waals surface area contributed by atoms with Gasteiger partial charge in [-0.05, 0) is 43.0 Å². The summed E-state index contributed by atoms with van der Waals surface area (Å²) in [5, 5.41) is 10.4. The fraction of sp³-hybridized carbons (Fsp3) is 0.226. The number of halogens is 2. The molecule has 4 aromatic rings. The molecule has 0 unspecified atom stereocenters. The minimum absolute atomic E-state index is 0.0149. The lowest BCUT2D eigenvalue weighted by molar-refractivity contribution is 0.260. The maximum absolute atomic E-state index is 9.71. The normalized spacial score (nSPS) is 17.3. The molecule has 9 heteroatoms. The van der Waals surface area contributed by atoms with Crippen molar-refractivity contribution in [2.24, 2.45) is 0 Å². The van der Waals surface area contributed by atoms with Crippen molar-refractivity contribution in [1.82, 2.24) is 25.9 Å². The largest absolute Gasteiger partial charge is 0.377 e. The van der Waals surface area contributed by atoms with Crippen molar-refractivity contribution < 1.29 is 1.37 Å². The van der Waals surface area contributed by atoms with Gasteiger partial charge in [0.15, 0.2) is 0 Å². The summed E-state index contributed by atoms with van der Waals surface area (Å²) >= 11 is 13.4. The summed E-state index contributed by atoms with van der Waals surface area (Å²) in [7, 11) is 0. The van der Waals surface area contributed by atoms with Crippen molar-refractivity contribution in [3.05, 3.63) is 106 Å². The number of benzene rings is 2. The van der Waals surface area contributed by atoms with Crippen molar-refractivity contribution in [3.63, 3.8) is 0 Å². The number of hydrogen-bond acceptors (Lipinski definition) is 7. The van der Waals surface area contributed by atoms with Crippen LogP contribution in [-0.2, 0) is 0 Å². The Labute approximate surface area is 245 Å². The molecule has 2 aromatic heterocycles. The molecule has 0 bridgehead atoms. The van der Waals surface area contributed by atoms with Crippen LogP contribution in [0, 0.1) is 12.3 Å². The first-order valence-electron chi connectivity index (χ1n) is 13.7. The number of aromatic nitrogens is 2. The van der Waals surface area contributed by atoms with Crippen molar-refractivity contribution in [2.75, 3.05) is 10.6 Å². The van der Waals surface area contributed by atoms with E-state index < -0.39 is 6.02 Å². The van der Waals surface area contributed by atoms with E-state index in [1.54, 1.807) is 30.6 Å². The van der Waals surface area contributed by atoms with Gasteiger partial charge in [0.05, 0.1) is 40.9 Å². The van der Waals surface area contributed by atoms with E-state index in [2.05, 4.69) is 56.5 Å². The highest BCUT2D eigenvalue weighted by molar-refractivity contribution is 6.36. The van der Waals surface area contributed by atoms with E-state index in [0.29, 0.717) is 39.1 Å². The molecule has 4 N–H and O–H groups in total. The first kappa shape index (κ1) is 25.0. The Balaban J connectivity index is 1.45. The third-order valence-corrected chi connectivity index (χ3v) is 7.69. The molecule has 1 aliphatic carbocycles. The summed E-state index contributed by atoms with van der Waals surface area (Å²) in [5.74, 6) is 2.77. The number of hydrazine groups is 2. The fourth-order valence-corrected chi connectivity index (χ4v) is 5.36. The smallest absolute Gasteiger partial charge is 0.134 e. The van der Waals surface area contributed by atoms with Gasteiger partial charge in [0.2, 0.25) is 0 Å². The molecule has 6 rings (SSSR count). The van der Waals surface area contributed by atoms with Crippen LogP contribution in [0.2, 0.25) is 10.2 Å². The predicted octanol–water partition coefficient (Wildman–Crippen LogP) is 6.96. The molecular weight excluding hydrogens is 541 g/mol. The minimum atomic E-state index is -1.53. The van der Waals surface area contributed by atoms with Gasteiger partial charge in [-0.3, -0.25) is 9.99 Å². The molecule has 0 saturated heterocycles. The number of fused-ring (bicyclic) bond motifs is 1. The minimum Gasteiger partial charge on any atom is -0.377 e. The molecule has 7 nitrogen and oxygen atoms in total. The topological polar surface area (TPSA) is 77.1 Å². The SMILES string of the molecule is [2H][C@@](Nc1cc(Cl)c2ncc(C#C)c(N[C@H](CC)c3ccccc3)c2c1)(C1=CN(C2CC2)NN1)c1cccnc1Cl. The highest BCUT2D eigenvalue weighted by Gasteiger charge is 2.33. The summed E-state index contributed by atoms with van der Waals surface area (Å²) in [6.45, 7) is 2.12. The van der Waals surface area contributed by atoms with E-state index >= 15 is 0 Å². The number of nitrogens with one attached hydrogen (secondary N) is 4. The summed E-state index contributed by atoms with van der Waals surface area (Å²) in [5.41, 5.74) is 11.1. The van der Waals surface area contributed by atoms with Gasteiger partial charge in [-0.15, -0.1) is 12.0 Å². The predicted molar refractivity (Wildman–Crippen MR) is 163 cm³/mol. The average molecular weight is 572 g/mol. The maximum Gasteiger partial charge on any atom is 0.134 e. The Morgan fingerprint density at radius 3 is 2.70 bits per heavy atom. The van der Waals surface area contributed by atoms with Crippen LogP contribution in [0.4, 0.5) is 11.4 Å². The monoisotopic (exact) mass is 570 g/mol. The quantitative estimate of drug-likeness (QED) is 0.128. The lowest BCUT2D eigenvalue weighted by Gasteiger charge is -2.24. The van der Waals surface area contributed by atoms with Crippen molar-refractivity contribution in [2.45, 2.75) is 44.3 Å². The second-order valence-electron chi connectivity index (χ2n) is 9.82. The molecule has 2 atom stereocenters. The summed E-state index contributed by atoms with van der Waals surface area (Å²) < 4.78 is 9.71. The first-order chi connectivity index (χ1) is 19.9. The van der Waals surface area contributed by atoms with Crippen LogP contribution in [-0.4, -0.2) is 21.0 Å². The molecule has 40 heavy (non-hydrogen) atoms. The average Bonchev–Trinajstić information content (AvgIpc) is 3.71. The van der Waals surface area contributed by atoms with Gasteiger partial charge in [0.25, 0.3) is 0 Å². The number of nitrogens with zero attached hydrogens (tertiary/aromatic N) is 3. The van der Waals surface area contributed by atoms with E-state index in [-0.39, 0.29) is 11.2 Å². The molecule has 3 heterocycles. The summed E-state index contributed by atoms with van der Waals surface area (Å²) in [4.78, 5) is 8.83. The van der Waals surface area contributed by atoms with Crippen LogP contribution < -0.4 is 21.6 Å². The molecule has 1 saturated carbocycles. The molecule has 1 fully saturated rings. The molecule has 2 aliphatic rings. The molecule has 0 spiro atoms. The number of anilines is 2. The van der Waals surface area contributed by atoms with Crippen LogP contribution in [0.15, 0.2) is 78.9 Å². The van der Waals surface area contributed by atoms with Crippen LogP contribution in [0.25, 0.3) is 10.9 Å². The van der Waals surface area contributed by atoms with Gasteiger partial charge in [0, 0.05) is 41.3 Å². The van der Waals surface area contributed by atoms with E-state index in [9.17, 15) is 1.37 Å². The summed E-state index contributed by atoms with van der Waals surface area (Å²) in [6.07, 6.45) is 14.1. The molecule has 2 aromatic carbocycles. The highest BCUT2D eigenvalue weighted by Crippen LogP contribution is 2.38. The van der Waals surface area contributed by atoms with Gasteiger partial charge in [-0.25, -0.2) is 4.98 Å². The summed E-state index contributed by atoms with van der Waals surface area (Å²) in [6, 6.07) is 16.3.